The molecule has 0 spiro atoms. The van der Waals surface area contributed by atoms with E-state index in [-0.39, 0.29) is 16.6 Å². The summed E-state index contributed by atoms with van der Waals surface area (Å²) in [4.78, 5) is 11.8. The first kappa shape index (κ1) is 11.6. The topological polar surface area (TPSA) is 35.5 Å². The van der Waals surface area contributed by atoms with E-state index >= 15 is 0 Å². The van der Waals surface area contributed by atoms with Crippen molar-refractivity contribution >= 4 is 5.78 Å². The molecule has 0 amide bonds. The van der Waals surface area contributed by atoms with Crippen LogP contribution in [-0.2, 0) is 14.3 Å². The highest BCUT2D eigenvalue weighted by molar-refractivity contribution is 5.98. The van der Waals surface area contributed by atoms with Crippen molar-refractivity contribution in [2.45, 2.75) is 19.8 Å². The predicted octanol–water partition coefficient (Wildman–Crippen LogP) is 2.09. The molecule has 1 fully saturated rings. The van der Waals surface area contributed by atoms with E-state index in [1.165, 1.54) is 0 Å². The Labute approximate surface area is 96.1 Å². The molecular weight excluding hydrogens is 204 g/mol. The van der Waals surface area contributed by atoms with Crippen molar-refractivity contribution < 1.29 is 14.3 Å². The molecule has 2 atom stereocenters. The van der Waals surface area contributed by atoms with Crippen LogP contribution in [0.5, 0.6) is 0 Å². The molecule has 16 heavy (non-hydrogen) atoms. The lowest BCUT2D eigenvalue weighted by Gasteiger charge is -2.31. The maximum atomic E-state index is 11.8. The zero-order valence-electron chi connectivity index (χ0n) is 9.91. The molecular formula is C13H18O3. The van der Waals surface area contributed by atoms with Crippen LogP contribution in [0.25, 0.3) is 0 Å². The fraction of sp³-hybridized carbons (Fsp3) is 0.615. The van der Waals surface area contributed by atoms with Crippen LogP contribution in [0.2, 0.25) is 0 Å². The molecule has 0 saturated heterocycles. The molecule has 0 aromatic rings. The van der Waals surface area contributed by atoms with Crippen LogP contribution in [0.4, 0.5) is 0 Å². The van der Waals surface area contributed by atoms with Crippen LogP contribution >= 0.6 is 0 Å². The van der Waals surface area contributed by atoms with Crippen LogP contribution < -0.4 is 0 Å². The highest BCUT2D eigenvalue weighted by Gasteiger charge is 2.52. The van der Waals surface area contributed by atoms with Gasteiger partial charge in [-0.1, -0.05) is 18.2 Å². The van der Waals surface area contributed by atoms with Crippen LogP contribution in [0.1, 0.15) is 19.8 Å². The quantitative estimate of drug-likeness (QED) is 0.415. The van der Waals surface area contributed by atoms with E-state index in [9.17, 15) is 4.79 Å². The van der Waals surface area contributed by atoms with Crippen molar-refractivity contribution in [3.63, 3.8) is 0 Å². The van der Waals surface area contributed by atoms with Gasteiger partial charge in [-0.3, -0.25) is 4.79 Å². The summed E-state index contributed by atoms with van der Waals surface area (Å²) >= 11 is 0. The molecule has 0 heterocycles. The van der Waals surface area contributed by atoms with Gasteiger partial charge in [0, 0.05) is 12.5 Å². The predicted molar refractivity (Wildman–Crippen MR) is 60.9 cm³/mol. The highest BCUT2D eigenvalue weighted by Crippen LogP contribution is 2.56. The number of hydrogen-bond acceptors (Lipinski definition) is 3. The largest absolute Gasteiger partial charge is 0.359 e. The summed E-state index contributed by atoms with van der Waals surface area (Å²) in [5, 5.41) is 0. The van der Waals surface area contributed by atoms with E-state index in [2.05, 4.69) is 6.58 Å². The van der Waals surface area contributed by atoms with Crippen molar-refractivity contribution in [3.05, 3.63) is 24.3 Å². The third kappa shape index (κ3) is 1.64. The minimum Gasteiger partial charge on any atom is -0.359 e. The van der Waals surface area contributed by atoms with E-state index in [0.717, 1.165) is 18.4 Å². The highest BCUT2D eigenvalue weighted by atomic mass is 16.7. The van der Waals surface area contributed by atoms with Crippen LogP contribution in [-0.4, -0.2) is 26.3 Å². The third-order valence-electron chi connectivity index (χ3n) is 3.77. The summed E-state index contributed by atoms with van der Waals surface area (Å²) in [5.74, 6) is 0.178. The maximum absolute atomic E-state index is 11.8. The zero-order chi connectivity index (χ0) is 11.8. The lowest BCUT2D eigenvalue weighted by Crippen LogP contribution is -2.32. The van der Waals surface area contributed by atoms with Gasteiger partial charge < -0.3 is 9.47 Å². The smallest absolute Gasteiger partial charge is 0.165 e. The van der Waals surface area contributed by atoms with Crippen molar-refractivity contribution in [2.24, 2.45) is 10.8 Å². The average molecular weight is 222 g/mol. The number of ketones is 1. The van der Waals surface area contributed by atoms with Gasteiger partial charge in [-0.25, -0.2) is 0 Å². The van der Waals surface area contributed by atoms with E-state index < -0.39 is 0 Å². The molecule has 3 heteroatoms. The Kier molecular flexibility index (Phi) is 2.76. The number of carbonyl (C=O) groups is 1. The lowest BCUT2D eigenvalue weighted by molar-refractivity contribution is -0.122. The van der Waals surface area contributed by atoms with Gasteiger partial charge in [0.1, 0.15) is 6.79 Å². The van der Waals surface area contributed by atoms with Gasteiger partial charge in [0.15, 0.2) is 5.78 Å². The third-order valence-corrected chi connectivity index (χ3v) is 3.77. The van der Waals surface area contributed by atoms with Gasteiger partial charge in [0.25, 0.3) is 0 Å². The van der Waals surface area contributed by atoms with Crippen LogP contribution in [0.15, 0.2) is 24.3 Å². The maximum Gasteiger partial charge on any atom is 0.165 e. The summed E-state index contributed by atoms with van der Waals surface area (Å²) < 4.78 is 10.3. The number of ether oxygens (including phenoxy) is 2. The molecule has 0 radical (unpaired) electrons. The van der Waals surface area contributed by atoms with Gasteiger partial charge >= 0.3 is 0 Å². The van der Waals surface area contributed by atoms with Crippen molar-refractivity contribution in [3.8, 4) is 0 Å². The molecule has 88 valence electrons. The molecule has 0 aliphatic heterocycles. The Morgan fingerprint density at radius 2 is 2.31 bits per heavy atom. The first-order valence-corrected chi connectivity index (χ1v) is 5.51. The molecule has 3 nitrogen and oxygen atoms in total. The number of carbonyl (C=O) groups excluding carboxylic acids is 1. The normalized spacial score (nSPS) is 37.1. The lowest BCUT2D eigenvalue weighted by atomic mass is 9.73. The fourth-order valence-electron chi connectivity index (χ4n) is 2.81. The molecule has 1 saturated carbocycles. The van der Waals surface area contributed by atoms with Gasteiger partial charge in [-0.15, -0.1) is 0 Å². The van der Waals surface area contributed by atoms with Gasteiger partial charge in [0.2, 0.25) is 0 Å². The fourth-order valence-corrected chi connectivity index (χ4v) is 2.81. The van der Waals surface area contributed by atoms with E-state index in [1.807, 2.05) is 13.0 Å². The Morgan fingerprint density at radius 3 is 3.00 bits per heavy atom. The van der Waals surface area contributed by atoms with E-state index in [4.69, 9.17) is 9.47 Å². The second-order valence-electron chi connectivity index (χ2n) is 5.10. The Balaban J connectivity index is 2.16. The average Bonchev–Trinajstić information content (AvgIpc) is 2.45. The summed E-state index contributed by atoms with van der Waals surface area (Å²) in [5.41, 5.74) is 0.618. The van der Waals surface area contributed by atoms with Crippen LogP contribution in [0.3, 0.4) is 0 Å². The van der Waals surface area contributed by atoms with Crippen molar-refractivity contribution in [1.29, 1.82) is 0 Å². The first-order valence-electron chi connectivity index (χ1n) is 5.51. The SMILES string of the molecule is C=C1C[C@@]2(COCOC)C=CC(=O)[C@]1(C)C2. The minimum atomic E-state index is -0.370. The Hall–Kier alpha value is -0.930. The Bertz CT molecular complexity index is 358. The number of fused-ring (bicyclic) bond motifs is 2. The zero-order valence-corrected chi connectivity index (χ0v) is 9.91. The van der Waals surface area contributed by atoms with Gasteiger partial charge in [-0.2, -0.15) is 0 Å². The van der Waals surface area contributed by atoms with Gasteiger partial charge in [-0.05, 0) is 25.8 Å². The second-order valence-corrected chi connectivity index (χ2v) is 5.10. The minimum absolute atomic E-state index is 0.0434. The van der Waals surface area contributed by atoms with Crippen molar-refractivity contribution in [2.75, 3.05) is 20.5 Å². The summed E-state index contributed by atoms with van der Waals surface area (Å²) in [6, 6.07) is 0. The molecule has 0 aromatic heterocycles. The second kappa shape index (κ2) is 3.82. The molecule has 0 N–H and O–H groups in total. The number of methoxy groups -OCH3 is 1. The number of rotatable bonds is 4. The summed E-state index contributed by atoms with van der Waals surface area (Å²) in [6.45, 7) is 6.92. The monoisotopic (exact) mass is 222 g/mol. The van der Waals surface area contributed by atoms with Crippen molar-refractivity contribution in [1.82, 2.24) is 0 Å². The van der Waals surface area contributed by atoms with Gasteiger partial charge in [0.05, 0.1) is 12.0 Å². The molecule has 2 aliphatic carbocycles. The molecule has 2 aliphatic rings. The van der Waals surface area contributed by atoms with E-state index in [0.29, 0.717) is 13.4 Å². The molecule has 2 rings (SSSR count). The van der Waals surface area contributed by atoms with Crippen LogP contribution in [0, 0.1) is 10.8 Å². The molecule has 0 unspecified atom stereocenters. The summed E-state index contributed by atoms with van der Waals surface area (Å²) in [7, 11) is 1.61. The standard InChI is InChI=1S/C13H18O3/c1-10-6-13(8-16-9-15-3)5-4-11(14)12(10,2)7-13/h4-5H,1,6-9H2,2-3H3/t12-,13+/m1/s1. The Morgan fingerprint density at radius 1 is 1.56 bits per heavy atom. The summed E-state index contributed by atoms with van der Waals surface area (Å²) in [6.07, 6.45) is 5.34. The molecule has 2 bridgehead atoms. The first-order chi connectivity index (χ1) is 7.52. The number of hydrogen-bond donors (Lipinski definition) is 0. The molecule has 0 aromatic carbocycles. The number of allylic oxidation sites excluding steroid dienone is 2. The van der Waals surface area contributed by atoms with E-state index in [1.54, 1.807) is 13.2 Å².